The number of hydrogen-bond donors (Lipinski definition) is 1. The fourth-order valence-corrected chi connectivity index (χ4v) is 2.11. The second kappa shape index (κ2) is 5.99. The minimum atomic E-state index is -0.677. The van der Waals surface area contributed by atoms with Crippen LogP contribution in [-0.4, -0.2) is 22.2 Å². The molecule has 2 rings (SSSR count). The number of benzene rings is 1. The number of ether oxygens (including phenoxy) is 1. The maximum absolute atomic E-state index is 11.9. The van der Waals surface area contributed by atoms with Crippen molar-refractivity contribution >= 4 is 34.0 Å². The number of nitrogens with one attached hydrogen (secondary N) is 1. The molecule has 1 atom stereocenters. The van der Waals surface area contributed by atoms with Crippen LogP contribution in [0.2, 0.25) is 5.02 Å². The van der Waals surface area contributed by atoms with Crippen LogP contribution in [0.5, 0.6) is 5.75 Å². The lowest BCUT2D eigenvalue weighted by Gasteiger charge is -2.14. The Hall–Kier alpha value is -1.66. The quantitative estimate of drug-likeness (QED) is 0.942. The second-order valence-electron chi connectivity index (χ2n) is 3.81. The van der Waals surface area contributed by atoms with Crippen molar-refractivity contribution in [2.75, 3.05) is 5.32 Å². The van der Waals surface area contributed by atoms with Gasteiger partial charge in [0.2, 0.25) is 5.13 Å². The van der Waals surface area contributed by atoms with E-state index in [1.165, 1.54) is 11.3 Å². The predicted molar refractivity (Wildman–Crippen MR) is 74.8 cm³/mol. The van der Waals surface area contributed by atoms with Crippen LogP contribution >= 0.6 is 22.9 Å². The highest BCUT2D eigenvalue weighted by molar-refractivity contribution is 7.15. The number of rotatable bonds is 4. The first kappa shape index (κ1) is 13.8. The van der Waals surface area contributed by atoms with Gasteiger partial charge in [0.25, 0.3) is 5.91 Å². The lowest BCUT2D eigenvalue weighted by atomic mass is 10.3. The summed E-state index contributed by atoms with van der Waals surface area (Å²) in [6.07, 6.45) is -0.677. The molecule has 7 heteroatoms. The standard InChI is InChI=1S/C12H12ClN3O2S/c1-7(18-10-6-4-3-5-9(10)13)11(17)14-12-16-15-8(2)19-12/h3-7H,1-2H3,(H,14,16,17)/t7-/m1/s1. The van der Waals surface area contributed by atoms with Crippen LogP contribution in [0.1, 0.15) is 11.9 Å². The summed E-state index contributed by atoms with van der Waals surface area (Å²) in [5, 5.41) is 12.0. The number of aryl methyl sites for hydroxylation is 1. The molecule has 19 heavy (non-hydrogen) atoms. The molecule has 5 nitrogen and oxygen atoms in total. The smallest absolute Gasteiger partial charge is 0.266 e. The number of halogens is 1. The zero-order valence-electron chi connectivity index (χ0n) is 10.4. The Morgan fingerprint density at radius 1 is 1.42 bits per heavy atom. The van der Waals surface area contributed by atoms with Crippen molar-refractivity contribution in [3.8, 4) is 5.75 Å². The number of hydrogen-bond acceptors (Lipinski definition) is 5. The Morgan fingerprint density at radius 2 is 2.16 bits per heavy atom. The molecule has 1 aromatic heterocycles. The lowest BCUT2D eigenvalue weighted by molar-refractivity contribution is -0.122. The Labute approximate surface area is 119 Å². The average molecular weight is 298 g/mol. The maximum atomic E-state index is 11.9. The molecule has 1 amide bonds. The molecular weight excluding hydrogens is 286 g/mol. The summed E-state index contributed by atoms with van der Waals surface area (Å²) >= 11 is 7.27. The molecule has 0 saturated carbocycles. The van der Waals surface area contributed by atoms with E-state index in [1.807, 2.05) is 6.92 Å². The molecule has 1 aromatic carbocycles. The summed E-state index contributed by atoms with van der Waals surface area (Å²) in [7, 11) is 0. The van der Waals surface area contributed by atoms with Gasteiger partial charge in [0.15, 0.2) is 6.10 Å². The zero-order chi connectivity index (χ0) is 13.8. The average Bonchev–Trinajstić information content (AvgIpc) is 2.77. The van der Waals surface area contributed by atoms with Crippen molar-refractivity contribution in [1.29, 1.82) is 0 Å². The van der Waals surface area contributed by atoms with E-state index in [1.54, 1.807) is 31.2 Å². The van der Waals surface area contributed by atoms with E-state index < -0.39 is 6.10 Å². The molecule has 0 saturated heterocycles. The van der Waals surface area contributed by atoms with Crippen molar-refractivity contribution in [2.24, 2.45) is 0 Å². The monoisotopic (exact) mass is 297 g/mol. The van der Waals surface area contributed by atoms with Crippen molar-refractivity contribution in [3.05, 3.63) is 34.3 Å². The van der Waals surface area contributed by atoms with Gasteiger partial charge in [-0.05, 0) is 26.0 Å². The van der Waals surface area contributed by atoms with Crippen LogP contribution in [0.3, 0.4) is 0 Å². The molecule has 2 aromatic rings. The van der Waals surface area contributed by atoms with Gasteiger partial charge in [-0.15, -0.1) is 10.2 Å². The van der Waals surface area contributed by atoms with Gasteiger partial charge >= 0.3 is 0 Å². The third kappa shape index (κ3) is 3.65. The molecular formula is C12H12ClN3O2S. The Kier molecular flexibility index (Phi) is 4.34. The van der Waals surface area contributed by atoms with Crippen LogP contribution in [0.15, 0.2) is 24.3 Å². The molecule has 0 aliphatic carbocycles. The molecule has 1 heterocycles. The third-order valence-corrected chi connectivity index (χ3v) is 3.33. The molecule has 0 spiro atoms. The highest BCUT2D eigenvalue weighted by atomic mass is 35.5. The van der Waals surface area contributed by atoms with Crippen LogP contribution in [0.25, 0.3) is 0 Å². The summed E-state index contributed by atoms with van der Waals surface area (Å²) < 4.78 is 5.50. The van der Waals surface area contributed by atoms with E-state index in [2.05, 4.69) is 15.5 Å². The van der Waals surface area contributed by atoms with E-state index in [0.29, 0.717) is 15.9 Å². The number of anilines is 1. The van der Waals surface area contributed by atoms with Gasteiger partial charge in [-0.1, -0.05) is 35.1 Å². The number of nitrogens with zero attached hydrogens (tertiary/aromatic N) is 2. The number of para-hydroxylation sites is 1. The largest absolute Gasteiger partial charge is 0.479 e. The number of aromatic nitrogens is 2. The van der Waals surface area contributed by atoms with Crippen LogP contribution in [-0.2, 0) is 4.79 Å². The van der Waals surface area contributed by atoms with Gasteiger partial charge in [0.1, 0.15) is 10.8 Å². The topological polar surface area (TPSA) is 64.1 Å². The number of carbonyl (C=O) groups is 1. The fraction of sp³-hybridized carbons (Fsp3) is 0.250. The lowest BCUT2D eigenvalue weighted by Crippen LogP contribution is -2.30. The summed E-state index contributed by atoms with van der Waals surface area (Å²) in [4.78, 5) is 11.9. The molecule has 1 N–H and O–H groups in total. The first-order chi connectivity index (χ1) is 9.06. The predicted octanol–water partition coefficient (Wildman–Crippen LogP) is 2.91. The first-order valence-corrected chi connectivity index (χ1v) is 6.78. The summed E-state index contributed by atoms with van der Waals surface area (Å²) in [5.74, 6) is 0.177. The van der Waals surface area contributed by atoms with Gasteiger partial charge in [-0.25, -0.2) is 0 Å². The Balaban J connectivity index is 1.98. The molecule has 0 unspecified atom stereocenters. The molecule has 100 valence electrons. The summed E-state index contributed by atoms with van der Waals surface area (Å²) in [6, 6.07) is 7.00. The first-order valence-electron chi connectivity index (χ1n) is 5.58. The van der Waals surface area contributed by atoms with Crippen LogP contribution in [0.4, 0.5) is 5.13 Å². The SMILES string of the molecule is Cc1nnc(NC(=O)[C@@H](C)Oc2ccccc2Cl)s1. The van der Waals surface area contributed by atoms with Gasteiger partial charge < -0.3 is 4.74 Å². The zero-order valence-corrected chi connectivity index (χ0v) is 12.0. The maximum Gasteiger partial charge on any atom is 0.266 e. The van der Waals surface area contributed by atoms with Crippen LogP contribution in [0, 0.1) is 6.92 Å². The van der Waals surface area contributed by atoms with Gasteiger partial charge in [0.05, 0.1) is 5.02 Å². The summed E-state index contributed by atoms with van der Waals surface area (Å²) in [6.45, 7) is 3.46. The van der Waals surface area contributed by atoms with E-state index in [-0.39, 0.29) is 5.91 Å². The van der Waals surface area contributed by atoms with E-state index in [4.69, 9.17) is 16.3 Å². The van der Waals surface area contributed by atoms with Crippen molar-refractivity contribution in [3.63, 3.8) is 0 Å². The minimum Gasteiger partial charge on any atom is -0.479 e. The van der Waals surface area contributed by atoms with E-state index in [0.717, 1.165) is 5.01 Å². The van der Waals surface area contributed by atoms with Crippen LogP contribution < -0.4 is 10.1 Å². The second-order valence-corrected chi connectivity index (χ2v) is 5.39. The normalized spacial score (nSPS) is 11.9. The third-order valence-electron chi connectivity index (χ3n) is 2.27. The number of amides is 1. The highest BCUT2D eigenvalue weighted by Gasteiger charge is 2.17. The Morgan fingerprint density at radius 3 is 2.79 bits per heavy atom. The number of carbonyl (C=O) groups excluding carboxylic acids is 1. The van der Waals surface area contributed by atoms with E-state index >= 15 is 0 Å². The molecule has 0 bridgehead atoms. The highest BCUT2D eigenvalue weighted by Crippen LogP contribution is 2.24. The molecule has 0 aliphatic rings. The fourth-order valence-electron chi connectivity index (χ4n) is 1.34. The molecule has 0 aliphatic heterocycles. The van der Waals surface area contributed by atoms with Crippen molar-refractivity contribution < 1.29 is 9.53 Å². The molecule has 0 radical (unpaired) electrons. The van der Waals surface area contributed by atoms with Crippen molar-refractivity contribution in [1.82, 2.24) is 10.2 Å². The minimum absolute atomic E-state index is 0.295. The van der Waals surface area contributed by atoms with Crippen molar-refractivity contribution in [2.45, 2.75) is 20.0 Å². The van der Waals surface area contributed by atoms with Gasteiger partial charge in [0, 0.05) is 0 Å². The van der Waals surface area contributed by atoms with Gasteiger partial charge in [-0.3, -0.25) is 10.1 Å². The summed E-state index contributed by atoms with van der Waals surface area (Å²) in [5.41, 5.74) is 0. The van der Waals surface area contributed by atoms with Gasteiger partial charge in [-0.2, -0.15) is 0 Å². The van der Waals surface area contributed by atoms with E-state index in [9.17, 15) is 4.79 Å². The Bertz CT molecular complexity index is 588. The molecule has 0 fully saturated rings.